The SMILES string of the molecule is CC(C)(C)OC(=O)N(CCNS(=O)CCCNc1nc2cc(C(N)=O)ccc2c2cnccc12)Cc1ccc(-c2ccccc2)c(Cl)c1. The van der Waals surface area contributed by atoms with Gasteiger partial charge in [-0.2, -0.15) is 0 Å². The van der Waals surface area contributed by atoms with E-state index in [0.29, 0.717) is 47.2 Å². The number of halogens is 1. The van der Waals surface area contributed by atoms with Crippen LogP contribution in [0.2, 0.25) is 5.02 Å². The summed E-state index contributed by atoms with van der Waals surface area (Å²) in [5, 5.41) is 6.59. The minimum Gasteiger partial charge on any atom is -0.444 e. The first-order valence-corrected chi connectivity index (χ1v) is 17.3. The highest BCUT2D eigenvalue weighted by Gasteiger charge is 2.23. The number of fused-ring (bicyclic) bond motifs is 3. The van der Waals surface area contributed by atoms with Gasteiger partial charge in [0.25, 0.3) is 0 Å². The molecule has 1 atom stereocenters. The fourth-order valence-corrected chi connectivity index (χ4v) is 6.39. The van der Waals surface area contributed by atoms with Crippen LogP contribution in [0.25, 0.3) is 32.8 Å². The molecule has 3 aromatic carbocycles. The van der Waals surface area contributed by atoms with Crippen LogP contribution in [0.5, 0.6) is 0 Å². The lowest BCUT2D eigenvalue weighted by Crippen LogP contribution is -2.40. The number of primary amides is 1. The van der Waals surface area contributed by atoms with E-state index in [-0.39, 0.29) is 13.1 Å². The average molecular weight is 687 g/mol. The monoisotopic (exact) mass is 686 g/mol. The van der Waals surface area contributed by atoms with Crippen molar-refractivity contribution in [1.29, 1.82) is 0 Å². The Morgan fingerprint density at radius 1 is 0.979 bits per heavy atom. The highest BCUT2D eigenvalue weighted by Crippen LogP contribution is 2.30. The Morgan fingerprint density at radius 2 is 1.77 bits per heavy atom. The van der Waals surface area contributed by atoms with Gasteiger partial charge >= 0.3 is 6.09 Å². The van der Waals surface area contributed by atoms with Gasteiger partial charge in [-0.25, -0.2) is 18.7 Å². The van der Waals surface area contributed by atoms with E-state index in [4.69, 9.17) is 27.1 Å². The maximum Gasteiger partial charge on any atom is 0.410 e. The van der Waals surface area contributed by atoms with Gasteiger partial charge in [0.1, 0.15) is 11.4 Å². The van der Waals surface area contributed by atoms with Crippen molar-refractivity contribution < 1.29 is 18.5 Å². The topological polar surface area (TPSA) is 140 Å². The number of carbonyl (C=O) groups excluding carboxylic acids is 2. The highest BCUT2D eigenvalue weighted by molar-refractivity contribution is 7.83. The van der Waals surface area contributed by atoms with Crippen molar-refractivity contribution >= 4 is 62.1 Å². The predicted octanol–water partition coefficient (Wildman–Crippen LogP) is 6.69. The van der Waals surface area contributed by atoms with Crippen LogP contribution in [0.3, 0.4) is 0 Å². The molecule has 48 heavy (non-hydrogen) atoms. The molecule has 0 bridgehead atoms. The third-order valence-corrected chi connectivity index (χ3v) is 8.97. The molecule has 2 amide bonds. The number of nitrogens with one attached hydrogen (secondary N) is 2. The Hall–Kier alpha value is -4.58. The third kappa shape index (κ3) is 9.06. The standard InChI is InChI=1S/C36H39ClN6O4S/c1-36(2,3)47-35(45)43(23-24-10-12-27(31(37)20-24)25-8-5-4-6-9-25)18-17-41-48(46)19-7-15-40-34-29-14-16-39-22-30(29)28-13-11-26(33(38)44)21-32(28)42-34/h4-6,8-14,16,20-22,41H,7,15,17-19,23H2,1-3H3,(H2,38,44)(H,40,42). The lowest BCUT2D eigenvalue weighted by Gasteiger charge is -2.27. The third-order valence-electron chi connectivity index (χ3n) is 7.47. The van der Waals surface area contributed by atoms with E-state index >= 15 is 0 Å². The number of nitrogens with two attached hydrogens (primary N) is 1. The molecule has 0 radical (unpaired) electrons. The van der Waals surface area contributed by atoms with Gasteiger partial charge in [0.15, 0.2) is 0 Å². The number of benzene rings is 3. The van der Waals surface area contributed by atoms with Gasteiger partial charge in [0.2, 0.25) is 5.91 Å². The molecule has 2 aromatic heterocycles. The van der Waals surface area contributed by atoms with Gasteiger partial charge in [-0.15, -0.1) is 0 Å². The molecule has 0 saturated heterocycles. The van der Waals surface area contributed by atoms with Gasteiger partial charge in [-0.1, -0.05) is 60.1 Å². The molecule has 10 nitrogen and oxygen atoms in total. The summed E-state index contributed by atoms with van der Waals surface area (Å²) in [5.74, 6) is 0.505. The Kier molecular flexibility index (Phi) is 11.3. The van der Waals surface area contributed by atoms with Gasteiger partial charge < -0.3 is 20.7 Å². The summed E-state index contributed by atoms with van der Waals surface area (Å²) in [4.78, 5) is 35.4. The Balaban J connectivity index is 1.16. The van der Waals surface area contributed by atoms with Crippen LogP contribution < -0.4 is 15.8 Å². The van der Waals surface area contributed by atoms with E-state index in [1.807, 2.05) is 81.4 Å². The molecule has 250 valence electrons. The number of aromatic nitrogens is 2. The zero-order valence-electron chi connectivity index (χ0n) is 27.2. The maximum atomic E-state index is 13.1. The van der Waals surface area contributed by atoms with Crippen LogP contribution in [0.4, 0.5) is 10.6 Å². The van der Waals surface area contributed by atoms with Crippen molar-refractivity contribution in [2.75, 3.05) is 30.7 Å². The van der Waals surface area contributed by atoms with Crippen molar-refractivity contribution in [3.8, 4) is 11.1 Å². The van der Waals surface area contributed by atoms with Crippen molar-refractivity contribution in [3.05, 3.63) is 101 Å². The van der Waals surface area contributed by atoms with Crippen molar-refractivity contribution in [2.24, 2.45) is 5.73 Å². The van der Waals surface area contributed by atoms with E-state index in [1.165, 1.54) is 0 Å². The number of anilines is 1. The Bertz CT molecular complexity index is 1950. The largest absolute Gasteiger partial charge is 0.444 e. The summed E-state index contributed by atoms with van der Waals surface area (Å²) in [7, 11) is -1.33. The fraction of sp³-hybridized carbons (Fsp3) is 0.278. The van der Waals surface area contributed by atoms with Gasteiger partial charge in [-0.3, -0.25) is 9.78 Å². The lowest BCUT2D eigenvalue weighted by molar-refractivity contribution is 0.0238. The molecule has 12 heteroatoms. The van der Waals surface area contributed by atoms with Crippen molar-refractivity contribution in [1.82, 2.24) is 19.6 Å². The summed E-state index contributed by atoms with van der Waals surface area (Å²) < 4.78 is 21.5. The van der Waals surface area contributed by atoms with E-state index in [1.54, 1.807) is 29.4 Å². The zero-order valence-corrected chi connectivity index (χ0v) is 28.7. The molecule has 0 aliphatic rings. The van der Waals surface area contributed by atoms with E-state index in [9.17, 15) is 13.8 Å². The van der Waals surface area contributed by atoms with Gasteiger partial charge in [-0.05, 0) is 62.6 Å². The van der Waals surface area contributed by atoms with E-state index < -0.39 is 28.6 Å². The molecule has 0 spiro atoms. The molecule has 0 aliphatic heterocycles. The first-order valence-electron chi connectivity index (χ1n) is 15.6. The predicted molar refractivity (Wildman–Crippen MR) is 193 cm³/mol. The average Bonchev–Trinajstić information content (AvgIpc) is 3.05. The smallest absolute Gasteiger partial charge is 0.410 e. The van der Waals surface area contributed by atoms with Crippen LogP contribution in [-0.4, -0.2) is 62.1 Å². The molecule has 5 rings (SSSR count). The second-order valence-electron chi connectivity index (χ2n) is 12.3. The van der Waals surface area contributed by atoms with Crippen LogP contribution >= 0.6 is 11.6 Å². The molecule has 0 saturated carbocycles. The number of ether oxygens (including phenoxy) is 1. The molecule has 1 unspecified atom stereocenters. The number of pyridine rings is 2. The Labute approximate surface area is 287 Å². The minimum atomic E-state index is -1.33. The quantitative estimate of drug-likeness (QED) is 0.0926. The van der Waals surface area contributed by atoms with E-state index in [2.05, 4.69) is 15.0 Å². The van der Waals surface area contributed by atoms with Crippen LogP contribution in [0.15, 0.2) is 85.2 Å². The van der Waals surface area contributed by atoms with Crippen molar-refractivity contribution in [3.63, 3.8) is 0 Å². The highest BCUT2D eigenvalue weighted by atomic mass is 35.5. The molecule has 4 N–H and O–H groups in total. The van der Waals surface area contributed by atoms with Crippen molar-refractivity contribution in [2.45, 2.75) is 39.3 Å². The number of carbonyl (C=O) groups is 2. The molecule has 5 aromatic rings. The summed E-state index contributed by atoms with van der Waals surface area (Å²) in [6.45, 7) is 6.85. The van der Waals surface area contributed by atoms with Crippen LogP contribution in [0.1, 0.15) is 43.1 Å². The van der Waals surface area contributed by atoms with Crippen LogP contribution in [0, 0.1) is 0 Å². The first-order chi connectivity index (χ1) is 23.0. The minimum absolute atomic E-state index is 0.283. The molecule has 2 heterocycles. The molecule has 0 aliphatic carbocycles. The lowest BCUT2D eigenvalue weighted by atomic mass is 10.0. The second kappa shape index (κ2) is 15.5. The summed E-state index contributed by atoms with van der Waals surface area (Å²) in [6.07, 6.45) is 3.60. The summed E-state index contributed by atoms with van der Waals surface area (Å²) in [5.41, 5.74) is 8.59. The number of hydrogen-bond donors (Lipinski definition) is 3. The number of hydrogen-bond acceptors (Lipinski definition) is 7. The number of rotatable bonds is 13. The molecular weight excluding hydrogens is 648 g/mol. The molecule has 0 fully saturated rings. The first kappa shape index (κ1) is 34.7. The zero-order chi connectivity index (χ0) is 34.3. The fourth-order valence-electron chi connectivity index (χ4n) is 5.20. The summed E-state index contributed by atoms with van der Waals surface area (Å²) >= 11 is 6.63. The molecular formula is C36H39ClN6O4S. The maximum absolute atomic E-state index is 13.1. The Morgan fingerprint density at radius 3 is 2.50 bits per heavy atom. The summed E-state index contributed by atoms with van der Waals surface area (Å²) in [6, 6.07) is 22.7. The second-order valence-corrected chi connectivity index (χ2v) is 14.1. The van der Waals surface area contributed by atoms with Crippen LogP contribution in [-0.2, 0) is 22.3 Å². The number of nitrogens with zero attached hydrogens (tertiary/aromatic N) is 3. The number of amides is 2. The van der Waals surface area contributed by atoms with E-state index in [0.717, 1.165) is 32.8 Å². The van der Waals surface area contributed by atoms with Gasteiger partial charge in [0, 0.05) is 76.6 Å². The normalized spacial score (nSPS) is 12.2. The van der Waals surface area contributed by atoms with Gasteiger partial charge in [0.05, 0.1) is 16.5 Å².